The third-order valence-electron chi connectivity index (χ3n) is 17.3. The van der Waals surface area contributed by atoms with E-state index in [1.807, 2.05) is 23.1 Å². The standard InChI is InChI=1S/C55H69N8O13PS/c1-35(2)41-6-4-5-7-42(41)49-32-74-25-23-60(49)39-29-55(30-39)18-21-59(22-19-55)38-8-10-43(52(64)58-78(71,72)40-9-11-44(47(28-40)63(66)67)57-31-36-12-16-54(3,65)17-13-36)46(27-38)62-45-15-24-73-33-50(45)76-53-48(62)26-37-14-20-56-51(37)61(53)34-75-77(68,69)70/h4-11,14,20,26-28,35-36,39,45,49-50,57,65H,12-13,15-19,21-25,29-34H2,1-3H3,(H,58,64)(H2,68,69,70)/t36-,45-,49-,50-,54-/m0/s1. The number of morpholine rings is 1. The zero-order valence-corrected chi connectivity index (χ0v) is 45.9. The number of nitrogens with zero attached hydrogens (tertiary/aromatic N) is 6. The fourth-order valence-electron chi connectivity index (χ4n) is 13.0. The summed E-state index contributed by atoms with van der Waals surface area (Å²) in [6, 6.07) is 21.2. The highest BCUT2D eigenvalue weighted by molar-refractivity contribution is 7.90. The number of benzene rings is 3. The number of aromatic nitrogens is 2. The van der Waals surface area contributed by atoms with Crippen molar-refractivity contribution in [2.24, 2.45) is 11.3 Å². The SMILES string of the molecule is CC(C)c1ccccc1[C@@H]1COCCN1C1CC2(CCN(c3ccc(C(=O)NS(=O)(=O)c4ccc(NC[C@H]5CC[C@](C)(O)CC5)c([N+](=O)[O-])c4)c(N4c5cc6ccnc-6n(COP(=O)(O)O)c5O[C@H]5COCC[C@@H]54)c3)CC2)C1. The van der Waals surface area contributed by atoms with E-state index in [0.29, 0.717) is 80.4 Å². The number of hydrogen-bond donors (Lipinski definition) is 5. The molecule has 1 spiro atoms. The van der Waals surface area contributed by atoms with Gasteiger partial charge in [-0.1, -0.05) is 38.1 Å². The number of carbonyl (C=O) groups excluding carboxylic acids is 1. The van der Waals surface area contributed by atoms with Crippen molar-refractivity contribution in [3.05, 3.63) is 106 Å². The molecule has 21 nitrogen and oxygen atoms in total. The van der Waals surface area contributed by atoms with Crippen LogP contribution in [0.5, 0.6) is 5.88 Å². The number of pyridine rings is 1. The van der Waals surface area contributed by atoms with Crippen LogP contribution in [-0.4, -0.2) is 125 Å². The van der Waals surface area contributed by atoms with Gasteiger partial charge in [-0.2, -0.15) is 0 Å². The number of fused-ring (bicyclic) bond motifs is 3. The van der Waals surface area contributed by atoms with Crippen LogP contribution in [0, 0.1) is 21.4 Å². The molecule has 8 aliphatic rings. The first-order valence-electron chi connectivity index (χ1n) is 27.1. The molecule has 3 aromatic rings. The van der Waals surface area contributed by atoms with Gasteiger partial charge < -0.3 is 44.2 Å². The molecule has 11 rings (SSSR count). The number of piperidine rings is 1. The molecule has 418 valence electrons. The highest BCUT2D eigenvalue weighted by atomic mass is 32.2. The lowest BCUT2D eigenvalue weighted by atomic mass is 9.59. The Morgan fingerprint density at radius 2 is 1.71 bits per heavy atom. The summed E-state index contributed by atoms with van der Waals surface area (Å²) in [4.78, 5) is 57.2. The number of nitrogens with one attached hydrogen (secondary N) is 2. The Bertz CT molecular complexity index is 3180. The van der Waals surface area contributed by atoms with Gasteiger partial charge in [0.05, 0.1) is 58.6 Å². The Kier molecular flexibility index (Phi) is 14.9. The minimum absolute atomic E-state index is 0.0205. The number of phosphoric ester groups is 1. The maximum Gasteiger partial charge on any atom is 0.471 e. The van der Waals surface area contributed by atoms with Crippen molar-refractivity contribution < 1.29 is 56.3 Å². The summed E-state index contributed by atoms with van der Waals surface area (Å²) < 4.78 is 68.1. The maximum absolute atomic E-state index is 14.9. The molecule has 2 saturated carbocycles. The molecule has 0 unspecified atom stereocenters. The molecule has 1 amide bonds. The third kappa shape index (κ3) is 11.0. The van der Waals surface area contributed by atoms with E-state index in [2.05, 4.69) is 62.9 Å². The lowest BCUT2D eigenvalue weighted by molar-refractivity contribution is -0.384. The Balaban J connectivity index is 0.903. The average Bonchev–Trinajstić information content (AvgIpc) is 3.94. The van der Waals surface area contributed by atoms with Crippen molar-refractivity contribution in [1.29, 1.82) is 0 Å². The number of nitro benzene ring substituents is 1. The summed E-state index contributed by atoms with van der Waals surface area (Å²) in [5, 5.41) is 26.0. The summed E-state index contributed by atoms with van der Waals surface area (Å²) in [5.41, 5.74) is 3.88. The van der Waals surface area contributed by atoms with Gasteiger partial charge in [0.2, 0.25) is 5.88 Å². The van der Waals surface area contributed by atoms with Gasteiger partial charge in [0.25, 0.3) is 21.6 Å². The molecule has 23 heteroatoms. The number of ether oxygens (including phenoxy) is 3. The summed E-state index contributed by atoms with van der Waals surface area (Å²) in [6.07, 6.45) is 8.03. The summed E-state index contributed by atoms with van der Waals surface area (Å²) in [6.45, 7) is 10.2. The smallest absolute Gasteiger partial charge is 0.469 e. The maximum atomic E-state index is 14.9. The third-order valence-corrected chi connectivity index (χ3v) is 19.1. The number of sulfonamides is 1. The fraction of sp³-hybridized carbons (Fsp3) is 0.527. The molecule has 5 N–H and O–H groups in total. The quantitative estimate of drug-likeness (QED) is 0.0377. The van der Waals surface area contributed by atoms with Gasteiger partial charge in [-0.3, -0.25) is 28.9 Å². The number of amides is 1. The minimum Gasteiger partial charge on any atom is -0.469 e. The molecule has 2 aliphatic carbocycles. The van der Waals surface area contributed by atoms with E-state index in [1.54, 1.807) is 25.3 Å². The van der Waals surface area contributed by atoms with E-state index in [-0.39, 0.29) is 41.1 Å². The van der Waals surface area contributed by atoms with Gasteiger partial charge >= 0.3 is 7.82 Å². The number of nitro groups is 1. The normalized spacial score (nSPS) is 24.8. The van der Waals surface area contributed by atoms with Crippen molar-refractivity contribution in [2.75, 3.05) is 67.7 Å². The van der Waals surface area contributed by atoms with Crippen molar-refractivity contribution in [3.8, 4) is 17.3 Å². The molecule has 0 radical (unpaired) electrons. The highest BCUT2D eigenvalue weighted by Gasteiger charge is 2.50. The monoisotopic (exact) mass is 1110 g/mol. The highest BCUT2D eigenvalue weighted by Crippen LogP contribution is 2.54. The average molecular weight is 1110 g/mol. The van der Waals surface area contributed by atoms with Gasteiger partial charge in [0.15, 0.2) is 0 Å². The van der Waals surface area contributed by atoms with Crippen LogP contribution in [0.2, 0.25) is 0 Å². The molecule has 0 aromatic heterocycles. The summed E-state index contributed by atoms with van der Waals surface area (Å²) in [7, 11) is -9.73. The first-order valence-corrected chi connectivity index (χ1v) is 30.1. The predicted octanol–water partition coefficient (Wildman–Crippen LogP) is 8.07. The number of rotatable bonds is 15. The summed E-state index contributed by atoms with van der Waals surface area (Å²) in [5.74, 6) is 0.0146. The van der Waals surface area contributed by atoms with Crippen LogP contribution < -0.4 is 24.6 Å². The van der Waals surface area contributed by atoms with Crippen molar-refractivity contribution in [3.63, 3.8) is 0 Å². The van der Waals surface area contributed by atoms with Crippen molar-refractivity contribution in [2.45, 2.75) is 126 Å². The van der Waals surface area contributed by atoms with Gasteiger partial charge in [-0.25, -0.2) is 22.7 Å². The Hall–Kier alpha value is -5.68. The predicted molar refractivity (Wildman–Crippen MR) is 291 cm³/mol. The van der Waals surface area contributed by atoms with Gasteiger partial charge in [0.1, 0.15) is 30.0 Å². The van der Waals surface area contributed by atoms with Crippen LogP contribution >= 0.6 is 7.82 Å². The molecule has 0 bridgehead atoms. The van der Waals surface area contributed by atoms with Gasteiger partial charge in [-0.05, 0) is 136 Å². The van der Waals surface area contributed by atoms with E-state index in [9.17, 15) is 42.8 Å². The largest absolute Gasteiger partial charge is 0.471 e. The molecule has 6 heterocycles. The van der Waals surface area contributed by atoms with Gasteiger partial charge in [0, 0.05) is 62.3 Å². The zero-order chi connectivity index (χ0) is 54.7. The number of anilines is 4. The molecule has 6 aliphatic heterocycles. The molecule has 3 saturated heterocycles. The second-order valence-electron chi connectivity index (χ2n) is 22.7. The van der Waals surface area contributed by atoms with Crippen LogP contribution in [-0.2, 0) is 35.3 Å². The number of hydrogen-bond acceptors (Lipinski definition) is 16. The van der Waals surface area contributed by atoms with E-state index in [0.717, 1.165) is 69.9 Å². The van der Waals surface area contributed by atoms with Crippen LogP contribution in [0.25, 0.3) is 11.4 Å². The molecular formula is C55H69N8O13PS. The Morgan fingerprint density at radius 3 is 2.45 bits per heavy atom. The molecular weight excluding hydrogens is 1040 g/mol. The van der Waals surface area contributed by atoms with Crippen molar-refractivity contribution >= 4 is 52.2 Å². The van der Waals surface area contributed by atoms with E-state index < -0.39 is 63.7 Å². The first kappa shape index (κ1) is 54.3. The Morgan fingerprint density at radius 1 is 0.949 bits per heavy atom. The van der Waals surface area contributed by atoms with E-state index >= 15 is 0 Å². The lowest BCUT2D eigenvalue weighted by Crippen LogP contribution is -2.58. The second-order valence-corrected chi connectivity index (χ2v) is 25.7. The lowest BCUT2D eigenvalue weighted by Gasteiger charge is -2.57. The van der Waals surface area contributed by atoms with Gasteiger partial charge in [-0.15, -0.1) is 0 Å². The second kappa shape index (κ2) is 21.4. The van der Waals surface area contributed by atoms with E-state index in [4.69, 9.17) is 18.7 Å². The minimum atomic E-state index is -5.00. The van der Waals surface area contributed by atoms with Crippen LogP contribution in [0.4, 0.5) is 28.4 Å². The molecule has 3 aromatic carbocycles. The number of phosphoric acid groups is 1. The molecule has 78 heavy (non-hydrogen) atoms. The number of aliphatic hydroxyl groups is 1. The van der Waals surface area contributed by atoms with Crippen LogP contribution in [0.15, 0.2) is 83.9 Å². The first-order chi connectivity index (χ1) is 37.3. The Labute approximate surface area is 454 Å². The molecule has 5 fully saturated rings. The summed E-state index contributed by atoms with van der Waals surface area (Å²) >= 11 is 0. The molecule has 3 atom stereocenters. The fourth-order valence-corrected chi connectivity index (χ4v) is 14.2. The number of carbonyl (C=O) groups is 1. The van der Waals surface area contributed by atoms with E-state index in [1.165, 1.54) is 27.8 Å². The van der Waals surface area contributed by atoms with Crippen LogP contribution in [0.3, 0.4) is 0 Å². The van der Waals surface area contributed by atoms with Crippen molar-refractivity contribution in [1.82, 2.24) is 19.2 Å². The van der Waals surface area contributed by atoms with Crippen LogP contribution in [0.1, 0.15) is 112 Å². The topological polar surface area (TPSA) is 261 Å². The zero-order valence-electron chi connectivity index (χ0n) is 44.2.